The molecule has 0 spiro atoms. The second kappa shape index (κ2) is 9.56. The van der Waals surface area contributed by atoms with Crippen LogP contribution in [0.25, 0.3) is 11.0 Å². The molecule has 0 saturated carbocycles. The van der Waals surface area contributed by atoms with Crippen LogP contribution >= 0.6 is 11.6 Å². The van der Waals surface area contributed by atoms with Crippen LogP contribution in [-0.2, 0) is 24.2 Å². The third-order valence-electron chi connectivity index (χ3n) is 4.65. The minimum atomic E-state index is 0.0387. The number of aryl methyl sites for hydroxylation is 2. The number of amides is 1. The Hall–Kier alpha value is -2.33. The van der Waals surface area contributed by atoms with Gasteiger partial charge in [-0.25, -0.2) is 4.98 Å². The quantitative estimate of drug-likeness (QED) is 0.540. The summed E-state index contributed by atoms with van der Waals surface area (Å²) in [5, 5.41) is 3.69. The number of fused-ring (bicyclic) bond motifs is 1. The molecule has 0 unspecified atom stereocenters. The molecule has 0 aliphatic rings. The van der Waals surface area contributed by atoms with Crippen molar-refractivity contribution < 1.29 is 4.79 Å². The lowest BCUT2D eigenvalue weighted by molar-refractivity contribution is -0.120. The van der Waals surface area contributed by atoms with Crippen molar-refractivity contribution in [3.63, 3.8) is 0 Å². The van der Waals surface area contributed by atoms with Crippen molar-refractivity contribution in [3.05, 3.63) is 64.9 Å². The Balaban J connectivity index is 1.52. The summed E-state index contributed by atoms with van der Waals surface area (Å²) in [7, 11) is 0. The van der Waals surface area contributed by atoms with E-state index in [1.54, 1.807) is 0 Å². The van der Waals surface area contributed by atoms with Crippen molar-refractivity contribution in [1.29, 1.82) is 0 Å². The summed E-state index contributed by atoms with van der Waals surface area (Å²) < 4.78 is 2.33. The molecule has 0 radical (unpaired) electrons. The van der Waals surface area contributed by atoms with E-state index in [-0.39, 0.29) is 5.91 Å². The van der Waals surface area contributed by atoms with E-state index in [9.17, 15) is 4.79 Å². The number of hydrogen-bond acceptors (Lipinski definition) is 2. The standard InChI is InChI=1S/C22H26ClN3O/c1-2-3-15-26-20-8-5-4-7-19(20)25-21(26)9-6-14-24-22(27)16-17-10-12-18(23)13-11-17/h4-5,7-8,10-13H,2-3,6,9,14-16H2,1H3,(H,24,27). The number of carbonyl (C=O) groups excluding carboxylic acids is 1. The number of halogens is 1. The summed E-state index contributed by atoms with van der Waals surface area (Å²) in [4.78, 5) is 16.9. The first kappa shape index (κ1) is 19.4. The van der Waals surface area contributed by atoms with Gasteiger partial charge in [0.25, 0.3) is 0 Å². The van der Waals surface area contributed by atoms with Gasteiger partial charge in [-0.3, -0.25) is 4.79 Å². The van der Waals surface area contributed by atoms with Gasteiger partial charge in [0.1, 0.15) is 5.82 Å². The van der Waals surface area contributed by atoms with Gasteiger partial charge in [0.05, 0.1) is 17.5 Å². The van der Waals surface area contributed by atoms with E-state index in [1.165, 1.54) is 5.52 Å². The normalized spacial score (nSPS) is 11.0. The molecular weight excluding hydrogens is 358 g/mol. The van der Waals surface area contributed by atoms with Crippen LogP contribution in [0, 0.1) is 0 Å². The minimum absolute atomic E-state index is 0.0387. The van der Waals surface area contributed by atoms with Crippen LogP contribution in [0.15, 0.2) is 48.5 Å². The van der Waals surface area contributed by atoms with E-state index in [1.807, 2.05) is 30.3 Å². The van der Waals surface area contributed by atoms with Gasteiger partial charge in [0, 0.05) is 24.5 Å². The van der Waals surface area contributed by atoms with Crippen LogP contribution in [-0.4, -0.2) is 22.0 Å². The lowest BCUT2D eigenvalue weighted by Gasteiger charge is -2.09. The summed E-state index contributed by atoms with van der Waals surface area (Å²) in [5.74, 6) is 1.15. The average Bonchev–Trinajstić information content (AvgIpc) is 3.03. The number of unbranched alkanes of at least 4 members (excludes halogenated alkanes) is 1. The van der Waals surface area contributed by atoms with E-state index >= 15 is 0 Å². The molecule has 27 heavy (non-hydrogen) atoms. The van der Waals surface area contributed by atoms with Crippen LogP contribution in [0.1, 0.15) is 37.6 Å². The smallest absolute Gasteiger partial charge is 0.224 e. The maximum Gasteiger partial charge on any atom is 0.224 e. The molecule has 5 heteroatoms. The molecule has 1 N–H and O–H groups in total. The molecule has 1 heterocycles. The zero-order valence-corrected chi connectivity index (χ0v) is 16.5. The molecule has 4 nitrogen and oxygen atoms in total. The van der Waals surface area contributed by atoms with Gasteiger partial charge < -0.3 is 9.88 Å². The second-order valence-corrected chi connectivity index (χ2v) is 7.22. The predicted octanol–water partition coefficient (Wildman–Crippen LogP) is 4.78. The fourth-order valence-electron chi connectivity index (χ4n) is 3.21. The zero-order valence-electron chi connectivity index (χ0n) is 15.7. The van der Waals surface area contributed by atoms with Crippen molar-refractivity contribution in [2.75, 3.05) is 6.54 Å². The molecule has 0 saturated heterocycles. The van der Waals surface area contributed by atoms with Gasteiger partial charge in [0.2, 0.25) is 5.91 Å². The molecule has 0 aliphatic heterocycles. The number of nitrogens with one attached hydrogen (secondary N) is 1. The number of nitrogens with zero attached hydrogens (tertiary/aromatic N) is 2. The van der Waals surface area contributed by atoms with Crippen molar-refractivity contribution in [2.45, 2.75) is 45.6 Å². The first-order valence-electron chi connectivity index (χ1n) is 9.62. The molecule has 2 aromatic carbocycles. The maximum absolute atomic E-state index is 12.1. The average molecular weight is 384 g/mol. The predicted molar refractivity (Wildman–Crippen MR) is 111 cm³/mol. The van der Waals surface area contributed by atoms with Crippen molar-refractivity contribution in [2.24, 2.45) is 0 Å². The van der Waals surface area contributed by atoms with E-state index in [2.05, 4.69) is 35.0 Å². The number of hydrogen-bond donors (Lipinski definition) is 1. The maximum atomic E-state index is 12.1. The van der Waals surface area contributed by atoms with E-state index in [0.717, 1.165) is 49.1 Å². The van der Waals surface area contributed by atoms with Crippen LogP contribution in [0.4, 0.5) is 0 Å². The minimum Gasteiger partial charge on any atom is -0.356 e. The van der Waals surface area contributed by atoms with Crippen LogP contribution < -0.4 is 5.32 Å². The van der Waals surface area contributed by atoms with Crippen molar-refractivity contribution >= 4 is 28.5 Å². The van der Waals surface area contributed by atoms with Gasteiger partial charge in [0.15, 0.2) is 0 Å². The number of rotatable bonds is 9. The van der Waals surface area contributed by atoms with Crippen LogP contribution in [0.3, 0.4) is 0 Å². The topological polar surface area (TPSA) is 46.9 Å². The molecule has 1 amide bonds. The third-order valence-corrected chi connectivity index (χ3v) is 4.90. The highest BCUT2D eigenvalue weighted by Gasteiger charge is 2.10. The van der Waals surface area contributed by atoms with Gasteiger partial charge in [-0.15, -0.1) is 0 Å². The molecule has 3 rings (SSSR count). The highest BCUT2D eigenvalue weighted by Crippen LogP contribution is 2.18. The molecule has 1 aromatic heterocycles. The Bertz CT molecular complexity index is 886. The largest absolute Gasteiger partial charge is 0.356 e. The molecule has 0 atom stereocenters. The second-order valence-electron chi connectivity index (χ2n) is 6.78. The van der Waals surface area contributed by atoms with Gasteiger partial charge in [-0.2, -0.15) is 0 Å². The highest BCUT2D eigenvalue weighted by molar-refractivity contribution is 6.30. The van der Waals surface area contributed by atoms with E-state index in [0.29, 0.717) is 18.0 Å². The SMILES string of the molecule is CCCCn1c(CCCNC(=O)Cc2ccc(Cl)cc2)nc2ccccc21. The zero-order chi connectivity index (χ0) is 19.1. The first-order chi connectivity index (χ1) is 13.2. The first-order valence-corrected chi connectivity index (χ1v) is 10.0. The Kier molecular flexibility index (Phi) is 6.88. The van der Waals surface area contributed by atoms with Gasteiger partial charge in [-0.1, -0.05) is 49.2 Å². The van der Waals surface area contributed by atoms with Crippen LogP contribution in [0.5, 0.6) is 0 Å². The molecule has 0 bridgehead atoms. The van der Waals surface area contributed by atoms with E-state index in [4.69, 9.17) is 16.6 Å². The van der Waals surface area contributed by atoms with Crippen molar-refractivity contribution in [1.82, 2.24) is 14.9 Å². The fourth-order valence-corrected chi connectivity index (χ4v) is 3.33. The summed E-state index contributed by atoms with van der Waals surface area (Å²) in [6.45, 7) is 3.85. The molecule has 0 fully saturated rings. The number of imidazole rings is 1. The summed E-state index contributed by atoms with van der Waals surface area (Å²) in [6.07, 6.45) is 4.42. The summed E-state index contributed by atoms with van der Waals surface area (Å²) in [6, 6.07) is 15.7. The van der Waals surface area contributed by atoms with Gasteiger partial charge in [-0.05, 0) is 42.7 Å². The van der Waals surface area contributed by atoms with E-state index < -0.39 is 0 Å². The Morgan fingerprint density at radius 1 is 1.11 bits per heavy atom. The Morgan fingerprint density at radius 2 is 1.89 bits per heavy atom. The number of para-hydroxylation sites is 2. The Labute approximate surface area is 165 Å². The molecule has 142 valence electrons. The van der Waals surface area contributed by atoms with Gasteiger partial charge >= 0.3 is 0 Å². The summed E-state index contributed by atoms with van der Waals surface area (Å²) >= 11 is 5.87. The van der Waals surface area contributed by atoms with Crippen molar-refractivity contribution in [3.8, 4) is 0 Å². The lowest BCUT2D eigenvalue weighted by Crippen LogP contribution is -2.26. The Morgan fingerprint density at radius 3 is 2.67 bits per heavy atom. The molecular formula is C22H26ClN3O. The number of carbonyl (C=O) groups is 1. The lowest BCUT2D eigenvalue weighted by atomic mass is 10.1. The fraction of sp³-hybridized carbons (Fsp3) is 0.364. The summed E-state index contributed by atoms with van der Waals surface area (Å²) in [5.41, 5.74) is 3.22. The monoisotopic (exact) mass is 383 g/mol. The molecule has 3 aromatic rings. The number of benzene rings is 2. The highest BCUT2D eigenvalue weighted by atomic mass is 35.5. The number of aromatic nitrogens is 2. The van der Waals surface area contributed by atoms with Crippen LogP contribution in [0.2, 0.25) is 5.02 Å². The third kappa shape index (κ3) is 5.33. The molecule has 0 aliphatic carbocycles.